The summed E-state index contributed by atoms with van der Waals surface area (Å²) in [4.78, 5) is 0. The minimum absolute atomic E-state index is 0.0648. The Morgan fingerprint density at radius 1 is 1.32 bits per heavy atom. The molecule has 19 heavy (non-hydrogen) atoms. The van der Waals surface area contributed by atoms with Crippen LogP contribution in [-0.2, 0) is 5.41 Å². The van der Waals surface area contributed by atoms with Gasteiger partial charge >= 0.3 is 0 Å². The zero-order chi connectivity index (χ0) is 14.1. The molecule has 0 saturated carbocycles. The maximum absolute atomic E-state index is 10.2. The number of rotatable bonds is 3. The second-order valence-corrected chi connectivity index (χ2v) is 6.99. The second kappa shape index (κ2) is 5.61. The topological polar surface area (TPSA) is 32.3 Å². The van der Waals surface area contributed by atoms with Crippen molar-refractivity contribution in [3.8, 4) is 0 Å². The highest BCUT2D eigenvalue weighted by Crippen LogP contribution is 2.40. The Kier molecular flexibility index (Phi) is 4.46. The molecule has 1 aromatic rings. The van der Waals surface area contributed by atoms with E-state index in [1.807, 2.05) is 32.0 Å². The maximum Gasteiger partial charge on any atom is 0.0600 e. The van der Waals surface area contributed by atoms with Gasteiger partial charge < -0.3 is 10.4 Å². The molecule has 1 saturated heterocycles. The lowest BCUT2D eigenvalue weighted by atomic mass is 9.69. The van der Waals surface area contributed by atoms with Crippen LogP contribution in [0.25, 0.3) is 0 Å². The molecule has 1 unspecified atom stereocenters. The van der Waals surface area contributed by atoms with Gasteiger partial charge in [-0.05, 0) is 57.4 Å². The molecule has 2 nitrogen and oxygen atoms in total. The number of hydrogen-bond donors (Lipinski definition) is 2. The molecule has 1 aromatic carbocycles. The Balaban J connectivity index is 2.38. The van der Waals surface area contributed by atoms with E-state index in [-0.39, 0.29) is 5.41 Å². The molecule has 106 valence electrons. The number of aliphatic hydroxyl groups is 1. The van der Waals surface area contributed by atoms with Crippen LogP contribution in [0.2, 0.25) is 10.0 Å². The Morgan fingerprint density at radius 2 is 2.05 bits per heavy atom. The third-order valence-corrected chi connectivity index (χ3v) is 4.51. The smallest absolute Gasteiger partial charge is 0.0600 e. The van der Waals surface area contributed by atoms with Crippen LogP contribution in [0.15, 0.2) is 18.2 Å². The Labute approximate surface area is 125 Å². The van der Waals surface area contributed by atoms with E-state index in [2.05, 4.69) is 5.32 Å². The molecule has 1 aliphatic rings. The predicted octanol–water partition coefficient (Wildman–Crippen LogP) is 3.78. The van der Waals surface area contributed by atoms with E-state index in [4.69, 9.17) is 23.2 Å². The quantitative estimate of drug-likeness (QED) is 0.890. The third-order valence-electron chi connectivity index (χ3n) is 3.78. The summed E-state index contributed by atoms with van der Waals surface area (Å²) >= 11 is 12.2. The van der Waals surface area contributed by atoms with Crippen LogP contribution in [0.1, 0.15) is 38.7 Å². The zero-order valence-electron chi connectivity index (χ0n) is 11.5. The van der Waals surface area contributed by atoms with Crippen LogP contribution < -0.4 is 5.32 Å². The lowest BCUT2D eigenvalue weighted by Gasteiger charge is -2.42. The van der Waals surface area contributed by atoms with E-state index in [0.29, 0.717) is 16.5 Å². The van der Waals surface area contributed by atoms with E-state index >= 15 is 0 Å². The first kappa shape index (κ1) is 15.1. The van der Waals surface area contributed by atoms with Crippen molar-refractivity contribution in [2.75, 3.05) is 13.1 Å². The van der Waals surface area contributed by atoms with Crippen molar-refractivity contribution in [2.24, 2.45) is 0 Å². The van der Waals surface area contributed by atoms with E-state index in [9.17, 15) is 5.11 Å². The van der Waals surface area contributed by atoms with Crippen molar-refractivity contribution in [2.45, 2.75) is 44.1 Å². The normalized spacial score (nSPS) is 24.5. The largest absolute Gasteiger partial charge is 0.390 e. The molecule has 0 amide bonds. The lowest BCUT2D eigenvalue weighted by Crippen LogP contribution is -2.47. The van der Waals surface area contributed by atoms with E-state index in [0.717, 1.165) is 31.5 Å². The van der Waals surface area contributed by atoms with Gasteiger partial charge in [0.1, 0.15) is 0 Å². The van der Waals surface area contributed by atoms with Gasteiger partial charge in [0.15, 0.2) is 0 Å². The summed E-state index contributed by atoms with van der Waals surface area (Å²) in [5, 5.41) is 14.8. The summed E-state index contributed by atoms with van der Waals surface area (Å²) in [5.74, 6) is 0. The van der Waals surface area contributed by atoms with Gasteiger partial charge in [-0.1, -0.05) is 29.3 Å². The fourth-order valence-electron chi connectivity index (χ4n) is 3.12. The summed E-state index contributed by atoms with van der Waals surface area (Å²) in [7, 11) is 0. The van der Waals surface area contributed by atoms with Crippen molar-refractivity contribution in [1.29, 1.82) is 0 Å². The highest BCUT2D eigenvalue weighted by atomic mass is 35.5. The molecule has 2 rings (SSSR count). The molecule has 2 N–H and O–H groups in total. The van der Waals surface area contributed by atoms with E-state index in [1.54, 1.807) is 0 Å². The summed E-state index contributed by atoms with van der Waals surface area (Å²) in [6.07, 6.45) is 2.88. The number of piperidine rings is 1. The number of halogens is 2. The highest BCUT2D eigenvalue weighted by Gasteiger charge is 2.38. The first-order chi connectivity index (χ1) is 8.82. The molecule has 0 spiro atoms. The fraction of sp³-hybridized carbons (Fsp3) is 0.600. The second-order valence-electron chi connectivity index (χ2n) is 6.18. The fourth-order valence-corrected chi connectivity index (χ4v) is 3.42. The van der Waals surface area contributed by atoms with Crippen LogP contribution in [0, 0.1) is 0 Å². The van der Waals surface area contributed by atoms with Gasteiger partial charge in [-0.15, -0.1) is 0 Å². The molecule has 4 heteroatoms. The standard InChI is InChI=1S/C15H21Cl2NO/c1-14(2,19)9-15(6-3-7-18-10-15)11-4-5-12(16)13(17)8-11/h4-5,8,18-19H,3,6-7,9-10H2,1-2H3. The average molecular weight is 302 g/mol. The van der Waals surface area contributed by atoms with Gasteiger partial charge in [-0.3, -0.25) is 0 Å². The Morgan fingerprint density at radius 3 is 2.58 bits per heavy atom. The molecule has 1 atom stereocenters. The van der Waals surface area contributed by atoms with Crippen LogP contribution >= 0.6 is 23.2 Å². The minimum atomic E-state index is -0.703. The Hall–Kier alpha value is -0.280. The molecule has 0 aliphatic carbocycles. The van der Waals surface area contributed by atoms with Gasteiger partial charge in [0.2, 0.25) is 0 Å². The van der Waals surface area contributed by atoms with Gasteiger partial charge in [-0.2, -0.15) is 0 Å². The summed E-state index contributed by atoms with van der Waals surface area (Å²) in [6, 6.07) is 5.83. The summed E-state index contributed by atoms with van der Waals surface area (Å²) in [6.45, 7) is 5.63. The van der Waals surface area contributed by atoms with Crippen LogP contribution in [0.3, 0.4) is 0 Å². The lowest BCUT2D eigenvalue weighted by molar-refractivity contribution is 0.0371. The van der Waals surface area contributed by atoms with E-state index < -0.39 is 5.60 Å². The van der Waals surface area contributed by atoms with E-state index in [1.165, 1.54) is 0 Å². The number of nitrogens with one attached hydrogen (secondary N) is 1. The zero-order valence-corrected chi connectivity index (χ0v) is 13.0. The molecule has 1 fully saturated rings. The first-order valence-corrected chi connectivity index (χ1v) is 7.47. The van der Waals surface area contributed by atoms with Gasteiger partial charge in [0.05, 0.1) is 15.6 Å². The molecule has 0 aromatic heterocycles. The molecule has 0 radical (unpaired) electrons. The Bertz CT molecular complexity index is 448. The van der Waals surface area contributed by atoms with Crippen molar-refractivity contribution in [1.82, 2.24) is 5.32 Å². The van der Waals surface area contributed by atoms with Crippen molar-refractivity contribution < 1.29 is 5.11 Å². The van der Waals surface area contributed by atoms with Gasteiger partial charge in [0.25, 0.3) is 0 Å². The molecular formula is C15H21Cl2NO. The predicted molar refractivity (Wildman–Crippen MR) is 81.2 cm³/mol. The van der Waals surface area contributed by atoms with Crippen molar-refractivity contribution in [3.63, 3.8) is 0 Å². The maximum atomic E-state index is 10.2. The van der Waals surface area contributed by atoms with Crippen molar-refractivity contribution in [3.05, 3.63) is 33.8 Å². The first-order valence-electron chi connectivity index (χ1n) is 6.71. The monoisotopic (exact) mass is 301 g/mol. The number of benzene rings is 1. The van der Waals surface area contributed by atoms with Gasteiger partial charge in [-0.25, -0.2) is 0 Å². The molecular weight excluding hydrogens is 281 g/mol. The summed E-state index contributed by atoms with van der Waals surface area (Å²) in [5.41, 5.74) is 0.395. The SMILES string of the molecule is CC(C)(O)CC1(c2ccc(Cl)c(Cl)c2)CCCNC1. The molecule has 1 aliphatic heterocycles. The third kappa shape index (κ3) is 3.63. The average Bonchev–Trinajstić information content (AvgIpc) is 2.31. The summed E-state index contributed by atoms with van der Waals surface area (Å²) < 4.78 is 0. The van der Waals surface area contributed by atoms with Crippen molar-refractivity contribution >= 4 is 23.2 Å². The van der Waals surface area contributed by atoms with Crippen LogP contribution in [0.4, 0.5) is 0 Å². The molecule has 1 heterocycles. The minimum Gasteiger partial charge on any atom is -0.390 e. The highest BCUT2D eigenvalue weighted by molar-refractivity contribution is 6.42. The number of hydrogen-bond acceptors (Lipinski definition) is 2. The van der Waals surface area contributed by atoms with Crippen LogP contribution in [0.5, 0.6) is 0 Å². The van der Waals surface area contributed by atoms with Crippen LogP contribution in [-0.4, -0.2) is 23.8 Å². The molecule has 0 bridgehead atoms. The van der Waals surface area contributed by atoms with Gasteiger partial charge in [0, 0.05) is 12.0 Å².